The van der Waals surface area contributed by atoms with E-state index in [0.29, 0.717) is 35.5 Å². The molecular formula is C19H16F2N6O. The van der Waals surface area contributed by atoms with E-state index in [1.54, 1.807) is 24.3 Å². The summed E-state index contributed by atoms with van der Waals surface area (Å²) in [5, 5.41) is 9.20. The van der Waals surface area contributed by atoms with Crippen molar-refractivity contribution < 1.29 is 8.78 Å². The highest BCUT2D eigenvalue weighted by atomic mass is 19.3. The third-order valence-corrected chi connectivity index (χ3v) is 4.81. The zero-order chi connectivity index (χ0) is 19.7. The Kier molecular flexibility index (Phi) is 4.69. The van der Waals surface area contributed by atoms with Crippen molar-refractivity contribution in [3.05, 3.63) is 58.5 Å². The Bertz CT molecular complexity index is 1110. The quantitative estimate of drug-likeness (QED) is 0.689. The lowest BCUT2D eigenvalue weighted by atomic mass is 10.1. The number of rotatable bonds is 4. The first-order valence-corrected chi connectivity index (χ1v) is 8.85. The summed E-state index contributed by atoms with van der Waals surface area (Å²) in [6.07, 6.45) is 1.61. The molecule has 1 aromatic carbocycles. The van der Waals surface area contributed by atoms with Crippen LogP contribution in [0, 0.1) is 11.3 Å². The second-order valence-corrected chi connectivity index (χ2v) is 6.52. The molecule has 3 heterocycles. The molecule has 0 spiro atoms. The van der Waals surface area contributed by atoms with E-state index in [1.807, 2.05) is 11.0 Å². The number of hydrogen-bond acceptors (Lipinski definition) is 6. The van der Waals surface area contributed by atoms with Crippen LogP contribution in [0.1, 0.15) is 30.4 Å². The number of anilines is 1. The van der Waals surface area contributed by atoms with Crippen LogP contribution in [-0.2, 0) is 6.54 Å². The lowest BCUT2D eigenvalue weighted by Crippen LogP contribution is -2.34. The zero-order valence-electron chi connectivity index (χ0n) is 14.8. The number of aromatic nitrogens is 4. The highest BCUT2D eigenvalue weighted by molar-refractivity contribution is 5.77. The van der Waals surface area contributed by atoms with Gasteiger partial charge >= 0.3 is 0 Å². The second kappa shape index (κ2) is 7.31. The normalized spacial score (nSPS) is 16.6. The Morgan fingerprint density at radius 3 is 2.79 bits per heavy atom. The molecule has 0 bridgehead atoms. The number of benzene rings is 1. The highest BCUT2D eigenvalue weighted by Crippen LogP contribution is 2.34. The number of halogens is 2. The Morgan fingerprint density at radius 1 is 1.25 bits per heavy atom. The smallest absolute Gasteiger partial charge is 0.261 e. The van der Waals surface area contributed by atoms with Gasteiger partial charge in [0.25, 0.3) is 12.0 Å². The van der Waals surface area contributed by atoms with Crippen LogP contribution in [-0.4, -0.2) is 32.5 Å². The van der Waals surface area contributed by atoms with E-state index in [1.165, 1.54) is 12.4 Å². The van der Waals surface area contributed by atoms with Crippen LogP contribution < -0.4 is 10.5 Å². The van der Waals surface area contributed by atoms with Gasteiger partial charge in [-0.1, -0.05) is 12.1 Å². The molecule has 1 aliphatic rings. The van der Waals surface area contributed by atoms with Gasteiger partial charge in [-0.15, -0.1) is 0 Å². The van der Waals surface area contributed by atoms with Crippen molar-refractivity contribution in [2.45, 2.75) is 31.9 Å². The predicted octanol–water partition coefficient (Wildman–Crippen LogP) is 2.66. The molecule has 1 atom stereocenters. The summed E-state index contributed by atoms with van der Waals surface area (Å²) < 4.78 is 27.5. The van der Waals surface area contributed by atoms with Crippen LogP contribution in [0.5, 0.6) is 0 Å². The molecule has 3 aromatic rings. The van der Waals surface area contributed by atoms with E-state index in [4.69, 9.17) is 5.26 Å². The van der Waals surface area contributed by atoms with Crippen LogP contribution in [0.15, 0.2) is 41.5 Å². The van der Waals surface area contributed by atoms with E-state index in [9.17, 15) is 13.6 Å². The van der Waals surface area contributed by atoms with Crippen molar-refractivity contribution in [2.24, 2.45) is 0 Å². The maximum atomic E-state index is 13.2. The molecule has 1 saturated heterocycles. The minimum absolute atomic E-state index is 0.193. The van der Waals surface area contributed by atoms with Crippen LogP contribution in [0.2, 0.25) is 0 Å². The molecule has 1 aliphatic heterocycles. The molecule has 28 heavy (non-hydrogen) atoms. The third kappa shape index (κ3) is 3.17. The molecule has 142 valence electrons. The van der Waals surface area contributed by atoms with Crippen molar-refractivity contribution >= 4 is 16.7 Å². The van der Waals surface area contributed by atoms with Crippen molar-refractivity contribution in [1.82, 2.24) is 19.5 Å². The van der Waals surface area contributed by atoms with Gasteiger partial charge in [-0.05, 0) is 25.0 Å². The van der Waals surface area contributed by atoms with Gasteiger partial charge in [0, 0.05) is 6.54 Å². The lowest BCUT2D eigenvalue weighted by Gasteiger charge is -2.27. The molecule has 0 N–H and O–H groups in total. The summed E-state index contributed by atoms with van der Waals surface area (Å²) in [5.74, 6) is 0.820. The largest absolute Gasteiger partial charge is 0.345 e. The van der Waals surface area contributed by atoms with E-state index < -0.39 is 18.5 Å². The second-order valence-electron chi connectivity index (χ2n) is 6.52. The fourth-order valence-corrected chi connectivity index (χ4v) is 3.59. The van der Waals surface area contributed by atoms with E-state index >= 15 is 0 Å². The van der Waals surface area contributed by atoms with E-state index in [2.05, 4.69) is 15.0 Å². The standard InChI is InChI=1S/C19H16F2N6O/c20-16(21)11-27-18(25-14-5-2-1-4-13(14)19(27)28)15-6-3-7-26(15)17-10-23-12(8-22)9-24-17/h1-2,4-5,9-10,15-16H,3,6-7,11H2. The average molecular weight is 382 g/mol. The molecule has 0 radical (unpaired) electrons. The van der Waals surface area contributed by atoms with Crippen LogP contribution >= 0.6 is 0 Å². The summed E-state index contributed by atoms with van der Waals surface area (Å²) in [6, 6.07) is 8.28. The van der Waals surface area contributed by atoms with Crippen molar-refractivity contribution in [3.63, 3.8) is 0 Å². The molecule has 0 aliphatic carbocycles. The topological polar surface area (TPSA) is 87.7 Å². The first-order chi connectivity index (χ1) is 13.6. The van der Waals surface area contributed by atoms with E-state index in [-0.39, 0.29) is 11.7 Å². The molecule has 4 rings (SSSR count). The monoisotopic (exact) mass is 382 g/mol. The fraction of sp³-hybridized carbons (Fsp3) is 0.316. The van der Waals surface area contributed by atoms with Gasteiger partial charge in [-0.25, -0.2) is 23.7 Å². The summed E-state index contributed by atoms with van der Waals surface area (Å²) in [4.78, 5) is 27.6. The number of nitriles is 1. The predicted molar refractivity (Wildman–Crippen MR) is 98.1 cm³/mol. The molecule has 2 aromatic heterocycles. The Morgan fingerprint density at radius 2 is 2.07 bits per heavy atom. The van der Waals surface area contributed by atoms with Crippen molar-refractivity contribution in [2.75, 3.05) is 11.4 Å². The Labute approximate surface area is 158 Å². The number of nitrogens with zero attached hydrogens (tertiary/aromatic N) is 6. The summed E-state index contributed by atoms with van der Waals surface area (Å²) in [7, 11) is 0. The minimum Gasteiger partial charge on any atom is -0.345 e. The van der Waals surface area contributed by atoms with Gasteiger partial charge in [0.2, 0.25) is 0 Å². The minimum atomic E-state index is -2.68. The highest BCUT2D eigenvalue weighted by Gasteiger charge is 2.32. The molecule has 1 fully saturated rings. The first kappa shape index (κ1) is 18.0. The number of fused-ring (bicyclic) bond motifs is 1. The summed E-state index contributed by atoms with van der Waals surface area (Å²) in [6.45, 7) is -0.0853. The van der Waals surface area contributed by atoms with Crippen LogP contribution in [0.3, 0.4) is 0 Å². The molecular weight excluding hydrogens is 366 g/mol. The molecule has 7 nitrogen and oxygen atoms in total. The molecule has 9 heteroatoms. The molecule has 1 unspecified atom stereocenters. The lowest BCUT2D eigenvalue weighted by molar-refractivity contribution is 0.123. The van der Waals surface area contributed by atoms with Gasteiger partial charge in [-0.2, -0.15) is 5.26 Å². The number of para-hydroxylation sites is 1. The van der Waals surface area contributed by atoms with Crippen molar-refractivity contribution in [1.29, 1.82) is 5.26 Å². The van der Waals surface area contributed by atoms with Gasteiger partial charge in [0.05, 0.1) is 35.9 Å². The van der Waals surface area contributed by atoms with Crippen molar-refractivity contribution in [3.8, 4) is 6.07 Å². The molecule has 0 amide bonds. The number of alkyl halides is 2. The van der Waals surface area contributed by atoms with Gasteiger partial charge in [-0.3, -0.25) is 9.36 Å². The van der Waals surface area contributed by atoms with Gasteiger partial charge < -0.3 is 4.90 Å². The van der Waals surface area contributed by atoms with E-state index in [0.717, 1.165) is 11.0 Å². The SMILES string of the molecule is N#Cc1cnc(N2CCCC2c2nc3ccccc3c(=O)n2CC(F)F)cn1. The van der Waals surface area contributed by atoms with Gasteiger partial charge in [0.15, 0.2) is 5.69 Å². The fourth-order valence-electron chi connectivity index (χ4n) is 3.59. The maximum Gasteiger partial charge on any atom is 0.261 e. The zero-order valence-corrected chi connectivity index (χ0v) is 14.8. The van der Waals surface area contributed by atoms with Crippen LogP contribution in [0.25, 0.3) is 10.9 Å². The number of hydrogen-bond donors (Lipinski definition) is 0. The summed E-state index contributed by atoms with van der Waals surface area (Å²) >= 11 is 0. The first-order valence-electron chi connectivity index (χ1n) is 8.85. The summed E-state index contributed by atoms with van der Waals surface area (Å²) in [5.41, 5.74) is 0.197. The maximum absolute atomic E-state index is 13.2. The van der Waals surface area contributed by atoms with Gasteiger partial charge in [0.1, 0.15) is 17.7 Å². The van der Waals surface area contributed by atoms with Crippen LogP contribution in [0.4, 0.5) is 14.6 Å². The molecule has 0 saturated carbocycles. The third-order valence-electron chi connectivity index (χ3n) is 4.81. The Balaban J connectivity index is 1.84. The Hall–Kier alpha value is -3.41. The average Bonchev–Trinajstić information content (AvgIpc) is 3.19.